The molecule has 3 rings (SSSR count). The highest BCUT2D eigenvalue weighted by molar-refractivity contribution is 7.12. The van der Waals surface area contributed by atoms with E-state index in [4.69, 9.17) is 10.7 Å². The molecule has 0 amide bonds. The molecular weight excluding hydrogens is 276 g/mol. The molecule has 1 aliphatic carbocycles. The zero-order chi connectivity index (χ0) is 15.4. The van der Waals surface area contributed by atoms with E-state index in [1.807, 2.05) is 0 Å². The molecule has 0 fully saturated rings. The van der Waals surface area contributed by atoms with Gasteiger partial charge < -0.3 is 5.73 Å². The minimum absolute atomic E-state index is 0.0108. The summed E-state index contributed by atoms with van der Waals surface area (Å²) in [7, 11) is 0. The summed E-state index contributed by atoms with van der Waals surface area (Å²) in [5.41, 5.74) is 10.5. The maximum absolute atomic E-state index is 6.42. The molecule has 1 aromatic heterocycles. The van der Waals surface area contributed by atoms with Gasteiger partial charge in [0.15, 0.2) is 0 Å². The molecule has 1 aromatic carbocycles. The van der Waals surface area contributed by atoms with E-state index in [2.05, 4.69) is 58.9 Å². The van der Waals surface area contributed by atoms with Crippen LogP contribution in [0.3, 0.4) is 0 Å². The zero-order valence-corrected chi connectivity index (χ0v) is 14.3. The molecule has 2 N–H and O–H groups in total. The van der Waals surface area contributed by atoms with Gasteiger partial charge in [-0.2, -0.15) is 0 Å². The highest BCUT2D eigenvalue weighted by Gasteiger charge is 2.35. The smallest absolute Gasteiger partial charge is 0.111 e. The second-order valence-electron chi connectivity index (χ2n) is 7.77. The SMILES string of the molecule is CC1(C)Cc2sc(C(N)C(C)(C)C)nc2-c2ccccc21. The Morgan fingerprint density at radius 2 is 1.90 bits per heavy atom. The third-order valence-electron chi connectivity index (χ3n) is 4.43. The Kier molecular flexibility index (Phi) is 3.26. The van der Waals surface area contributed by atoms with Gasteiger partial charge in [-0.1, -0.05) is 58.9 Å². The van der Waals surface area contributed by atoms with Crippen LogP contribution < -0.4 is 5.73 Å². The third kappa shape index (κ3) is 2.43. The highest BCUT2D eigenvalue weighted by atomic mass is 32.1. The maximum Gasteiger partial charge on any atom is 0.111 e. The molecule has 0 bridgehead atoms. The predicted molar refractivity (Wildman–Crippen MR) is 90.7 cm³/mol. The van der Waals surface area contributed by atoms with Gasteiger partial charge in [0.05, 0.1) is 11.7 Å². The topological polar surface area (TPSA) is 38.9 Å². The molecule has 0 radical (unpaired) electrons. The minimum Gasteiger partial charge on any atom is -0.322 e. The number of aromatic nitrogens is 1. The standard InChI is InChI=1S/C18H24N2S/c1-17(2,3)15(19)16-20-14-11-8-6-7-9-12(11)18(4,5)10-13(14)21-16/h6-9,15H,10,19H2,1-5H3. The summed E-state index contributed by atoms with van der Waals surface area (Å²) in [6, 6.07) is 8.65. The van der Waals surface area contributed by atoms with Crippen molar-refractivity contribution in [3.05, 3.63) is 39.7 Å². The summed E-state index contributed by atoms with van der Waals surface area (Å²) >= 11 is 1.80. The molecule has 1 heterocycles. The quantitative estimate of drug-likeness (QED) is 0.829. The number of fused-ring (bicyclic) bond motifs is 3. The lowest BCUT2D eigenvalue weighted by atomic mass is 9.74. The van der Waals surface area contributed by atoms with Crippen LogP contribution in [0, 0.1) is 5.41 Å². The number of nitrogens with zero attached hydrogens (tertiary/aromatic N) is 1. The Morgan fingerprint density at radius 3 is 2.57 bits per heavy atom. The van der Waals surface area contributed by atoms with Crippen molar-refractivity contribution in [3.63, 3.8) is 0 Å². The minimum atomic E-state index is -0.0108. The number of thiazole rings is 1. The van der Waals surface area contributed by atoms with E-state index in [0.717, 1.165) is 17.1 Å². The fourth-order valence-electron chi connectivity index (χ4n) is 2.98. The Bertz CT molecular complexity index is 677. The Hall–Kier alpha value is -1.19. The van der Waals surface area contributed by atoms with E-state index < -0.39 is 0 Å². The average molecular weight is 300 g/mol. The molecule has 1 atom stereocenters. The molecule has 0 aliphatic heterocycles. The van der Waals surface area contributed by atoms with Crippen LogP contribution in [0.2, 0.25) is 0 Å². The lowest BCUT2D eigenvalue weighted by Gasteiger charge is -2.31. The fourth-order valence-corrected chi connectivity index (χ4v) is 4.54. The van der Waals surface area contributed by atoms with E-state index >= 15 is 0 Å². The summed E-state index contributed by atoms with van der Waals surface area (Å²) < 4.78 is 0. The summed E-state index contributed by atoms with van der Waals surface area (Å²) in [6.07, 6.45) is 1.05. The molecule has 0 saturated carbocycles. The van der Waals surface area contributed by atoms with Crippen LogP contribution in [0.15, 0.2) is 24.3 Å². The molecule has 112 valence electrons. The first kappa shape index (κ1) is 14.7. The van der Waals surface area contributed by atoms with Crippen LogP contribution in [0.25, 0.3) is 11.3 Å². The normalized spacial score (nSPS) is 18.0. The van der Waals surface area contributed by atoms with Crippen molar-refractivity contribution in [2.75, 3.05) is 0 Å². The van der Waals surface area contributed by atoms with E-state index in [1.165, 1.54) is 16.0 Å². The predicted octanol–water partition coefficient (Wildman–Crippen LogP) is 4.69. The van der Waals surface area contributed by atoms with Gasteiger partial charge in [0, 0.05) is 10.4 Å². The fraction of sp³-hybridized carbons (Fsp3) is 0.500. The largest absolute Gasteiger partial charge is 0.322 e. The van der Waals surface area contributed by atoms with Crippen LogP contribution in [0.4, 0.5) is 0 Å². The van der Waals surface area contributed by atoms with Gasteiger partial charge >= 0.3 is 0 Å². The van der Waals surface area contributed by atoms with Gasteiger partial charge in [-0.15, -0.1) is 11.3 Å². The molecule has 2 nitrogen and oxygen atoms in total. The molecule has 1 unspecified atom stereocenters. The van der Waals surface area contributed by atoms with Crippen molar-refractivity contribution in [1.82, 2.24) is 4.98 Å². The van der Waals surface area contributed by atoms with Crippen molar-refractivity contribution < 1.29 is 0 Å². The molecule has 0 saturated heterocycles. The summed E-state index contributed by atoms with van der Waals surface area (Å²) in [4.78, 5) is 6.30. The van der Waals surface area contributed by atoms with Crippen LogP contribution in [-0.2, 0) is 11.8 Å². The monoisotopic (exact) mass is 300 g/mol. The summed E-state index contributed by atoms with van der Waals surface area (Å²) in [5, 5.41) is 1.07. The number of rotatable bonds is 1. The third-order valence-corrected chi connectivity index (χ3v) is 5.57. The molecular formula is C18H24N2S. The lowest BCUT2D eigenvalue weighted by molar-refractivity contribution is 0.326. The van der Waals surface area contributed by atoms with E-state index in [-0.39, 0.29) is 16.9 Å². The summed E-state index contributed by atoms with van der Waals surface area (Å²) in [6.45, 7) is 11.2. The maximum atomic E-state index is 6.42. The van der Waals surface area contributed by atoms with Gasteiger partial charge in [-0.25, -0.2) is 4.98 Å². The van der Waals surface area contributed by atoms with Crippen molar-refractivity contribution in [1.29, 1.82) is 0 Å². The van der Waals surface area contributed by atoms with Crippen molar-refractivity contribution in [2.24, 2.45) is 11.1 Å². The number of benzene rings is 1. The van der Waals surface area contributed by atoms with Crippen LogP contribution in [0.5, 0.6) is 0 Å². The van der Waals surface area contributed by atoms with E-state index in [9.17, 15) is 0 Å². The Morgan fingerprint density at radius 1 is 1.24 bits per heavy atom. The number of nitrogens with two attached hydrogens (primary N) is 1. The second kappa shape index (κ2) is 4.65. The lowest BCUT2D eigenvalue weighted by Crippen LogP contribution is -2.26. The molecule has 3 heteroatoms. The molecule has 2 aromatic rings. The molecule has 0 spiro atoms. The van der Waals surface area contributed by atoms with Gasteiger partial charge in [-0.3, -0.25) is 0 Å². The first-order chi connectivity index (χ1) is 9.70. The van der Waals surface area contributed by atoms with E-state index in [1.54, 1.807) is 11.3 Å². The molecule has 21 heavy (non-hydrogen) atoms. The van der Waals surface area contributed by atoms with Gasteiger partial charge in [0.2, 0.25) is 0 Å². The second-order valence-corrected chi connectivity index (χ2v) is 8.89. The zero-order valence-electron chi connectivity index (χ0n) is 13.5. The highest BCUT2D eigenvalue weighted by Crippen LogP contribution is 2.46. The average Bonchev–Trinajstić information content (AvgIpc) is 2.80. The summed E-state index contributed by atoms with van der Waals surface area (Å²) in [5.74, 6) is 0. The van der Waals surface area contributed by atoms with Crippen LogP contribution in [-0.4, -0.2) is 4.98 Å². The van der Waals surface area contributed by atoms with Crippen molar-refractivity contribution in [3.8, 4) is 11.3 Å². The first-order valence-electron chi connectivity index (χ1n) is 7.55. The molecule has 1 aliphatic rings. The Labute approximate surface area is 131 Å². The number of hydrogen-bond acceptors (Lipinski definition) is 3. The van der Waals surface area contributed by atoms with Gasteiger partial charge in [-0.05, 0) is 22.8 Å². The van der Waals surface area contributed by atoms with Crippen LogP contribution in [0.1, 0.15) is 56.1 Å². The van der Waals surface area contributed by atoms with Crippen molar-refractivity contribution >= 4 is 11.3 Å². The van der Waals surface area contributed by atoms with Gasteiger partial charge in [0.1, 0.15) is 5.01 Å². The van der Waals surface area contributed by atoms with Crippen LogP contribution >= 0.6 is 11.3 Å². The van der Waals surface area contributed by atoms with E-state index in [0.29, 0.717) is 0 Å². The first-order valence-corrected chi connectivity index (χ1v) is 8.37. The Balaban J connectivity index is 2.14. The number of hydrogen-bond donors (Lipinski definition) is 1. The van der Waals surface area contributed by atoms with Crippen molar-refractivity contribution in [2.45, 2.75) is 52.5 Å². The van der Waals surface area contributed by atoms with Gasteiger partial charge in [0.25, 0.3) is 0 Å².